The molecule has 0 amide bonds. The van der Waals surface area contributed by atoms with Crippen molar-refractivity contribution in [3.63, 3.8) is 0 Å². The van der Waals surface area contributed by atoms with E-state index < -0.39 is 5.60 Å². The van der Waals surface area contributed by atoms with Gasteiger partial charge < -0.3 is 5.11 Å². The average Bonchev–Trinajstić information content (AvgIpc) is 2.95. The molecule has 98 valence electrons. The molecule has 1 aromatic heterocycles. The first kappa shape index (κ1) is 12.6. The predicted octanol–water partition coefficient (Wildman–Crippen LogP) is 3.37. The summed E-state index contributed by atoms with van der Waals surface area (Å²) >= 11 is 0. The van der Waals surface area contributed by atoms with Crippen molar-refractivity contribution in [2.24, 2.45) is 0 Å². The highest BCUT2D eigenvalue weighted by Crippen LogP contribution is 2.38. The molecule has 1 atom stereocenters. The van der Waals surface area contributed by atoms with Crippen LogP contribution >= 0.6 is 0 Å². The van der Waals surface area contributed by atoms with Crippen LogP contribution in [0.15, 0.2) is 90.7 Å². The van der Waals surface area contributed by atoms with Gasteiger partial charge in [-0.2, -0.15) is 0 Å². The maximum atomic E-state index is 11.3. The number of aromatic nitrogens is 1. The second kappa shape index (κ2) is 4.91. The lowest BCUT2D eigenvalue weighted by molar-refractivity contribution is 0.120. The Balaban J connectivity index is 2.21. The number of nitrogens with zero attached hydrogens (tertiary/aromatic N) is 1. The zero-order valence-corrected chi connectivity index (χ0v) is 11.0. The normalized spacial score (nSPS) is 16.9. The van der Waals surface area contributed by atoms with Gasteiger partial charge in [-0.25, -0.2) is 0 Å². The van der Waals surface area contributed by atoms with E-state index in [1.54, 1.807) is 6.20 Å². The van der Waals surface area contributed by atoms with Gasteiger partial charge in [-0.3, -0.25) is 4.98 Å². The fourth-order valence-corrected chi connectivity index (χ4v) is 2.44. The van der Waals surface area contributed by atoms with Crippen molar-refractivity contribution in [3.05, 3.63) is 102 Å². The molecule has 2 heteroatoms. The summed E-state index contributed by atoms with van der Waals surface area (Å²) in [6.45, 7) is 3.91. The summed E-state index contributed by atoms with van der Waals surface area (Å²) in [5.74, 6) is 0. The molecule has 1 unspecified atom stereocenters. The van der Waals surface area contributed by atoms with Crippen LogP contribution in [0.4, 0.5) is 0 Å². The highest BCUT2D eigenvalue weighted by molar-refractivity contribution is 5.55. The maximum Gasteiger partial charge on any atom is 0.157 e. The first-order valence-electron chi connectivity index (χ1n) is 6.50. The van der Waals surface area contributed by atoms with Gasteiger partial charge in [0.25, 0.3) is 0 Å². The lowest BCUT2D eigenvalue weighted by atomic mass is 9.83. The summed E-state index contributed by atoms with van der Waals surface area (Å²) in [5, 5.41) is 11.3. The van der Waals surface area contributed by atoms with E-state index in [0.717, 1.165) is 16.7 Å². The van der Waals surface area contributed by atoms with Gasteiger partial charge in [-0.15, -0.1) is 0 Å². The quantitative estimate of drug-likeness (QED) is 0.919. The third-order valence-corrected chi connectivity index (χ3v) is 3.46. The van der Waals surface area contributed by atoms with Crippen molar-refractivity contribution < 1.29 is 5.11 Å². The van der Waals surface area contributed by atoms with Gasteiger partial charge in [0, 0.05) is 6.20 Å². The fraction of sp³-hybridized carbons (Fsp3) is 0.0556. The van der Waals surface area contributed by atoms with Gasteiger partial charge in [0.15, 0.2) is 5.60 Å². The lowest BCUT2D eigenvalue weighted by Crippen LogP contribution is -2.30. The molecule has 1 aromatic carbocycles. The molecule has 20 heavy (non-hydrogen) atoms. The molecule has 1 heterocycles. The first-order chi connectivity index (χ1) is 9.71. The Hall–Kier alpha value is -2.45. The second-order valence-electron chi connectivity index (χ2n) is 4.80. The van der Waals surface area contributed by atoms with E-state index in [1.165, 1.54) is 0 Å². The van der Waals surface area contributed by atoms with Gasteiger partial charge in [0.2, 0.25) is 0 Å². The Bertz CT molecular complexity index is 644. The van der Waals surface area contributed by atoms with Crippen LogP contribution in [0, 0.1) is 0 Å². The van der Waals surface area contributed by atoms with Crippen molar-refractivity contribution >= 4 is 0 Å². The minimum Gasteiger partial charge on any atom is -0.374 e. The lowest BCUT2D eigenvalue weighted by Gasteiger charge is -2.29. The molecule has 1 N–H and O–H groups in total. The van der Waals surface area contributed by atoms with E-state index in [4.69, 9.17) is 0 Å². The van der Waals surface area contributed by atoms with Crippen LogP contribution in [0.3, 0.4) is 0 Å². The van der Waals surface area contributed by atoms with E-state index in [9.17, 15) is 5.11 Å². The summed E-state index contributed by atoms with van der Waals surface area (Å²) in [7, 11) is 0. The number of pyridine rings is 1. The summed E-state index contributed by atoms with van der Waals surface area (Å²) in [6.07, 6.45) is 7.37. The molecule has 3 rings (SSSR count). The summed E-state index contributed by atoms with van der Waals surface area (Å²) in [5.41, 5.74) is 1.82. The van der Waals surface area contributed by atoms with E-state index in [0.29, 0.717) is 5.69 Å². The molecule has 2 nitrogen and oxygen atoms in total. The van der Waals surface area contributed by atoms with Crippen LogP contribution in [0.2, 0.25) is 0 Å². The summed E-state index contributed by atoms with van der Waals surface area (Å²) < 4.78 is 0. The smallest absolute Gasteiger partial charge is 0.157 e. The van der Waals surface area contributed by atoms with Crippen molar-refractivity contribution in [1.29, 1.82) is 0 Å². The average molecular weight is 261 g/mol. The van der Waals surface area contributed by atoms with Crippen LogP contribution in [0.25, 0.3) is 0 Å². The largest absolute Gasteiger partial charge is 0.374 e. The van der Waals surface area contributed by atoms with E-state index in [2.05, 4.69) is 11.6 Å². The molecule has 1 aliphatic carbocycles. The maximum absolute atomic E-state index is 11.3. The van der Waals surface area contributed by atoms with Gasteiger partial charge >= 0.3 is 0 Å². The summed E-state index contributed by atoms with van der Waals surface area (Å²) in [4.78, 5) is 4.34. The predicted molar refractivity (Wildman–Crippen MR) is 80.0 cm³/mol. The molecule has 0 spiro atoms. The number of rotatable bonds is 3. The van der Waals surface area contributed by atoms with E-state index >= 15 is 0 Å². The number of allylic oxidation sites excluding steroid dienone is 3. The van der Waals surface area contributed by atoms with Crippen LogP contribution in [0.1, 0.15) is 11.3 Å². The molecular formula is C18H15NO. The van der Waals surface area contributed by atoms with Crippen molar-refractivity contribution in [2.45, 2.75) is 5.60 Å². The third kappa shape index (κ3) is 2.00. The highest BCUT2D eigenvalue weighted by atomic mass is 16.3. The fourth-order valence-electron chi connectivity index (χ4n) is 2.44. The Morgan fingerprint density at radius 2 is 1.70 bits per heavy atom. The highest BCUT2D eigenvalue weighted by Gasteiger charge is 2.36. The van der Waals surface area contributed by atoms with Crippen molar-refractivity contribution in [3.8, 4) is 0 Å². The van der Waals surface area contributed by atoms with Crippen LogP contribution < -0.4 is 0 Å². The Labute approximate surface area is 118 Å². The Morgan fingerprint density at radius 1 is 0.950 bits per heavy atom. The number of aliphatic hydroxyl groups is 1. The van der Waals surface area contributed by atoms with Gasteiger partial charge in [0.1, 0.15) is 0 Å². The molecule has 0 saturated carbocycles. The first-order valence-corrected chi connectivity index (χ1v) is 6.50. The van der Waals surface area contributed by atoms with Crippen LogP contribution in [-0.2, 0) is 5.60 Å². The zero-order valence-electron chi connectivity index (χ0n) is 11.0. The zero-order chi connectivity index (χ0) is 14.0. The minimum absolute atomic E-state index is 0.608. The van der Waals surface area contributed by atoms with E-state index in [-0.39, 0.29) is 0 Å². The van der Waals surface area contributed by atoms with Gasteiger partial charge in [0.05, 0.1) is 5.69 Å². The molecule has 0 saturated heterocycles. The molecule has 1 aliphatic rings. The molecular weight excluding hydrogens is 246 g/mol. The van der Waals surface area contributed by atoms with Crippen LogP contribution in [0.5, 0.6) is 0 Å². The van der Waals surface area contributed by atoms with Gasteiger partial charge in [-0.05, 0) is 34.9 Å². The van der Waals surface area contributed by atoms with Crippen molar-refractivity contribution in [2.75, 3.05) is 0 Å². The van der Waals surface area contributed by atoms with Gasteiger partial charge in [-0.1, -0.05) is 55.1 Å². The third-order valence-electron chi connectivity index (χ3n) is 3.46. The number of hydrogen-bond acceptors (Lipinski definition) is 2. The second-order valence-corrected chi connectivity index (χ2v) is 4.80. The molecule has 0 fully saturated rings. The minimum atomic E-state index is -1.25. The van der Waals surface area contributed by atoms with Crippen molar-refractivity contribution in [1.82, 2.24) is 4.98 Å². The number of hydrogen-bond donors (Lipinski definition) is 1. The van der Waals surface area contributed by atoms with Crippen LogP contribution in [-0.4, -0.2) is 10.1 Å². The molecule has 0 aliphatic heterocycles. The topological polar surface area (TPSA) is 33.1 Å². The van der Waals surface area contributed by atoms with E-state index in [1.807, 2.05) is 66.8 Å². The SMILES string of the molecule is C=C1C=CC(C(O)(c2ccccc2)c2ccccn2)=C1. The Kier molecular flexibility index (Phi) is 3.09. The number of benzene rings is 1. The molecule has 2 aromatic rings. The Morgan fingerprint density at radius 3 is 2.30 bits per heavy atom. The molecule has 0 radical (unpaired) electrons. The summed E-state index contributed by atoms with van der Waals surface area (Å²) in [6, 6.07) is 15.1. The monoisotopic (exact) mass is 261 g/mol. The molecule has 0 bridgehead atoms. The standard InChI is InChI=1S/C18H15NO/c1-14-10-11-16(13-14)18(20,15-7-3-2-4-8-15)17-9-5-6-12-19-17/h2-13,20H,1H2.